The molecule has 0 saturated heterocycles. The SMILES string of the molecule is CC(=O)c1ccc(CCc2ccc(C=O)cc2)cc1. The average molecular weight is 252 g/mol. The Labute approximate surface area is 113 Å². The standard InChI is InChI=1S/C17H16O2/c1-13(19)17-10-8-15(9-11-17)3-2-14-4-6-16(12-18)7-5-14/h4-12H,2-3H2,1H3. The van der Waals surface area contributed by atoms with Gasteiger partial charge in [-0.05, 0) is 30.9 Å². The predicted octanol–water partition coefficient (Wildman–Crippen LogP) is 3.49. The summed E-state index contributed by atoms with van der Waals surface area (Å²) in [5, 5.41) is 0. The molecule has 2 nitrogen and oxygen atoms in total. The molecule has 0 atom stereocenters. The third-order valence-electron chi connectivity index (χ3n) is 3.18. The first kappa shape index (κ1) is 13.2. The normalized spacial score (nSPS) is 10.2. The van der Waals surface area contributed by atoms with Crippen LogP contribution in [0.3, 0.4) is 0 Å². The number of carbonyl (C=O) groups excluding carboxylic acids is 2. The minimum atomic E-state index is 0.0935. The third kappa shape index (κ3) is 3.62. The van der Waals surface area contributed by atoms with Gasteiger partial charge in [0.1, 0.15) is 6.29 Å². The number of Topliss-reactive ketones (excluding diaryl/α,β-unsaturated/α-hetero) is 1. The Morgan fingerprint density at radius 2 is 1.37 bits per heavy atom. The topological polar surface area (TPSA) is 34.1 Å². The summed E-state index contributed by atoms with van der Waals surface area (Å²) in [7, 11) is 0. The molecule has 0 spiro atoms. The van der Waals surface area contributed by atoms with Gasteiger partial charge in [0.25, 0.3) is 0 Å². The predicted molar refractivity (Wildman–Crippen MR) is 75.7 cm³/mol. The van der Waals surface area contributed by atoms with Gasteiger partial charge in [-0.1, -0.05) is 48.5 Å². The van der Waals surface area contributed by atoms with Gasteiger partial charge in [-0.2, -0.15) is 0 Å². The highest BCUT2D eigenvalue weighted by Gasteiger charge is 2.00. The van der Waals surface area contributed by atoms with E-state index in [4.69, 9.17) is 0 Å². The molecule has 0 aliphatic heterocycles. The van der Waals surface area contributed by atoms with Crippen molar-refractivity contribution in [3.63, 3.8) is 0 Å². The molecular weight excluding hydrogens is 236 g/mol. The quantitative estimate of drug-likeness (QED) is 0.603. The number of hydrogen-bond donors (Lipinski definition) is 0. The second-order valence-electron chi connectivity index (χ2n) is 4.61. The monoisotopic (exact) mass is 252 g/mol. The van der Waals surface area contributed by atoms with E-state index in [0.29, 0.717) is 5.56 Å². The van der Waals surface area contributed by atoms with E-state index in [9.17, 15) is 9.59 Å². The maximum absolute atomic E-state index is 11.2. The van der Waals surface area contributed by atoms with Crippen LogP contribution in [-0.4, -0.2) is 12.1 Å². The zero-order valence-electron chi connectivity index (χ0n) is 10.9. The van der Waals surface area contributed by atoms with Crippen LogP contribution in [0, 0.1) is 0 Å². The molecule has 2 aromatic carbocycles. The van der Waals surface area contributed by atoms with Crippen LogP contribution < -0.4 is 0 Å². The zero-order chi connectivity index (χ0) is 13.7. The molecule has 0 aliphatic rings. The number of aldehydes is 1. The number of benzene rings is 2. The van der Waals surface area contributed by atoms with E-state index in [1.54, 1.807) is 6.92 Å². The fraction of sp³-hybridized carbons (Fsp3) is 0.176. The molecule has 96 valence electrons. The van der Waals surface area contributed by atoms with Gasteiger partial charge in [-0.15, -0.1) is 0 Å². The largest absolute Gasteiger partial charge is 0.298 e. The van der Waals surface area contributed by atoms with Crippen LogP contribution >= 0.6 is 0 Å². The molecule has 0 radical (unpaired) electrons. The summed E-state index contributed by atoms with van der Waals surface area (Å²) in [5.41, 5.74) is 3.87. The van der Waals surface area contributed by atoms with Crippen molar-refractivity contribution in [2.75, 3.05) is 0 Å². The van der Waals surface area contributed by atoms with Crippen LogP contribution in [0.5, 0.6) is 0 Å². The van der Waals surface area contributed by atoms with Crippen molar-refractivity contribution in [3.8, 4) is 0 Å². The molecule has 2 rings (SSSR count). The van der Waals surface area contributed by atoms with Crippen LogP contribution in [0.25, 0.3) is 0 Å². The fourth-order valence-corrected chi connectivity index (χ4v) is 1.96. The van der Waals surface area contributed by atoms with Crippen molar-refractivity contribution in [2.45, 2.75) is 19.8 Å². The third-order valence-corrected chi connectivity index (χ3v) is 3.18. The first-order valence-corrected chi connectivity index (χ1v) is 6.33. The van der Waals surface area contributed by atoms with Gasteiger partial charge in [0.2, 0.25) is 0 Å². The van der Waals surface area contributed by atoms with Crippen molar-refractivity contribution in [1.82, 2.24) is 0 Å². The number of carbonyl (C=O) groups is 2. The van der Waals surface area contributed by atoms with Gasteiger partial charge in [0.15, 0.2) is 5.78 Å². The summed E-state index contributed by atoms with van der Waals surface area (Å²) in [6, 6.07) is 15.4. The molecule has 0 amide bonds. The lowest BCUT2D eigenvalue weighted by Crippen LogP contribution is -1.95. The number of hydrogen-bond acceptors (Lipinski definition) is 2. The Hall–Kier alpha value is -2.22. The molecule has 2 heteroatoms. The molecule has 0 N–H and O–H groups in total. The number of rotatable bonds is 5. The second kappa shape index (κ2) is 6.10. The van der Waals surface area contributed by atoms with Gasteiger partial charge in [-0.3, -0.25) is 9.59 Å². The summed E-state index contributed by atoms with van der Waals surface area (Å²) in [5.74, 6) is 0.0935. The fourth-order valence-electron chi connectivity index (χ4n) is 1.96. The van der Waals surface area contributed by atoms with Crippen LogP contribution in [0.2, 0.25) is 0 Å². The van der Waals surface area contributed by atoms with Gasteiger partial charge < -0.3 is 0 Å². The molecule has 0 heterocycles. The van der Waals surface area contributed by atoms with Crippen molar-refractivity contribution in [2.24, 2.45) is 0 Å². The number of ketones is 1. The van der Waals surface area contributed by atoms with Crippen molar-refractivity contribution < 1.29 is 9.59 Å². The van der Waals surface area contributed by atoms with E-state index < -0.39 is 0 Å². The number of aryl methyl sites for hydroxylation is 2. The van der Waals surface area contributed by atoms with Gasteiger partial charge >= 0.3 is 0 Å². The molecule has 0 fully saturated rings. The molecule has 0 aliphatic carbocycles. The van der Waals surface area contributed by atoms with E-state index in [1.807, 2.05) is 48.5 Å². The van der Waals surface area contributed by atoms with Crippen LogP contribution in [0.15, 0.2) is 48.5 Å². The molecule has 19 heavy (non-hydrogen) atoms. The van der Waals surface area contributed by atoms with Crippen LogP contribution in [0.4, 0.5) is 0 Å². The molecule has 0 unspecified atom stereocenters. The first-order chi connectivity index (χ1) is 9.19. The summed E-state index contributed by atoms with van der Waals surface area (Å²) >= 11 is 0. The highest BCUT2D eigenvalue weighted by atomic mass is 16.1. The van der Waals surface area contributed by atoms with E-state index in [0.717, 1.165) is 24.7 Å². The maximum Gasteiger partial charge on any atom is 0.159 e. The van der Waals surface area contributed by atoms with E-state index in [2.05, 4.69) is 0 Å². The minimum absolute atomic E-state index is 0.0935. The summed E-state index contributed by atoms with van der Waals surface area (Å²) in [6.45, 7) is 1.57. The Morgan fingerprint density at radius 1 is 0.895 bits per heavy atom. The molecule has 2 aromatic rings. The van der Waals surface area contributed by atoms with E-state index in [1.165, 1.54) is 11.1 Å². The highest BCUT2D eigenvalue weighted by Crippen LogP contribution is 2.10. The molecular formula is C17H16O2. The van der Waals surface area contributed by atoms with Crippen LogP contribution in [0.1, 0.15) is 38.8 Å². The van der Waals surface area contributed by atoms with Crippen molar-refractivity contribution in [3.05, 3.63) is 70.8 Å². The van der Waals surface area contributed by atoms with Crippen LogP contribution in [-0.2, 0) is 12.8 Å². The maximum atomic E-state index is 11.2. The summed E-state index contributed by atoms with van der Waals surface area (Å²) in [4.78, 5) is 21.7. The lowest BCUT2D eigenvalue weighted by atomic mass is 10.0. The van der Waals surface area contributed by atoms with E-state index >= 15 is 0 Å². The summed E-state index contributed by atoms with van der Waals surface area (Å²) < 4.78 is 0. The van der Waals surface area contributed by atoms with Gasteiger partial charge in [0, 0.05) is 11.1 Å². The molecule has 0 saturated carbocycles. The zero-order valence-corrected chi connectivity index (χ0v) is 10.9. The van der Waals surface area contributed by atoms with E-state index in [-0.39, 0.29) is 5.78 Å². The lowest BCUT2D eigenvalue weighted by molar-refractivity contribution is 0.101. The molecule has 0 bridgehead atoms. The first-order valence-electron chi connectivity index (χ1n) is 6.33. The highest BCUT2D eigenvalue weighted by molar-refractivity contribution is 5.94. The minimum Gasteiger partial charge on any atom is -0.298 e. The smallest absolute Gasteiger partial charge is 0.159 e. The summed E-state index contributed by atoms with van der Waals surface area (Å²) in [6.07, 6.45) is 2.71. The Kier molecular flexibility index (Phi) is 4.24. The Morgan fingerprint density at radius 3 is 1.79 bits per heavy atom. The van der Waals surface area contributed by atoms with Gasteiger partial charge in [0.05, 0.1) is 0 Å². The molecule has 0 aromatic heterocycles. The Bertz CT molecular complexity index is 565. The lowest BCUT2D eigenvalue weighted by Gasteiger charge is -2.03. The Balaban J connectivity index is 1.97. The average Bonchev–Trinajstić information content (AvgIpc) is 2.46. The second-order valence-corrected chi connectivity index (χ2v) is 4.61. The van der Waals surface area contributed by atoms with Crippen molar-refractivity contribution in [1.29, 1.82) is 0 Å². The van der Waals surface area contributed by atoms with Gasteiger partial charge in [-0.25, -0.2) is 0 Å². The van der Waals surface area contributed by atoms with Crippen molar-refractivity contribution >= 4 is 12.1 Å².